The van der Waals surface area contributed by atoms with Crippen molar-refractivity contribution in [2.75, 3.05) is 20.3 Å². The largest absolute Gasteiger partial charge is 0.385 e. The van der Waals surface area contributed by atoms with Gasteiger partial charge < -0.3 is 10.1 Å². The molecule has 4 nitrogen and oxygen atoms in total. The molecule has 0 saturated heterocycles. The lowest BCUT2D eigenvalue weighted by atomic mass is 10.1. The minimum atomic E-state index is -0.202. The van der Waals surface area contributed by atoms with Crippen LogP contribution in [0.25, 0.3) is 0 Å². The van der Waals surface area contributed by atoms with Crippen LogP contribution in [0.15, 0.2) is 6.07 Å². The summed E-state index contributed by atoms with van der Waals surface area (Å²) in [5, 5.41) is 6.27. The number of ether oxygens (including phenoxy) is 1. The Morgan fingerprint density at radius 2 is 2.10 bits per heavy atom. The van der Waals surface area contributed by atoms with Gasteiger partial charge in [0.05, 0.1) is 6.04 Å². The zero-order valence-electron chi connectivity index (χ0n) is 13.1. The summed E-state index contributed by atoms with van der Waals surface area (Å²) in [6.07, 6.45) is 0.841. The van der Waals surface area contributed by atoms with E-state index in [4.69, 9.17) is 4.74 Å². The van der Waals surface area contributed by atoms with Crippen LogP contribution >= 0.6 is 11.3 Å². The molecule has 1 rings (SSSR count). The van der Waals surface area contributed by atoms with E-state index in [0.717, 1.165) is 6.42 Å². The molecule has 0 aliphatic carbocycles. The Balaban J connectivity index is 2.42. The van der Waals surface area contributed by atoms with Crippen molar-refractivity contribution in [2.45, 2.75) is 46.2 Å². The van der Waals surface area contributed by atoms with Crippen molar-refractivity contribution in [3.05, 3.63) is 21.4 Å². The monoisotopic (exact) mass is 298 g/mol. The number of nitrogens with one attached hydrogen (secondary N) is 2. The summed E-state index contributed by atoms with van der Waals surface area (Å²) in [5.74, 6) is 0.0394. The molecule has 2 N–H and O–H groups in total. The van der Waals surface area contributed by atoms with Crippen molar-refractivity contribution in [3.63, 3.8) is 0 Å². The quantitative estimate of drug-likeness (QED) is 0.725. The second kappa shape index (κ2) is 8.39. The van der Waals surface area contributed by atoms with Gasteiger partial charge in [-0.2, -0.15) is 0 Å². The van der Waals surface area contributed by atoms with Gasteiger partial charge in [0, 0.05) is 36.1 Å². The predicted octanol–water partition coefficient (Wildman–Crippen LogP) is 2.56. The molecule has 0 fully saturated rings. The molecule has 1 heterocycles. The predicted molar refractivity (Wildman–Crippen MR) is 84.3 cm³/mol. The molecule has 5 heteroatoms. The maximum atomic E-state index is 12.0. The highest BCUT2D eigenvalue weighted by Crippen LogP contribution is 2.26. The fourth-order valence-corrected chi connectivity index (χ4v) is 3.22. The average molecular weight is 298 g/mol. The molecule has 0 spiro atoms. The lowest BCUT2D eigenvalue weighted by Crippen LogP contribution is -2.43. The molecule has 2 atom stereocenters. The third kappa shape index (κ3) is 5.23. The summed E-state index contributed by atoms with van der Waals surface area (Å²) in [4.78, 5) is 14.6. The Labute approximate surface area is 125 Å². The zero-order chi connectivity index (χ0) is 15.1. The minimum absolute atomic E-state index is 0.0394. The Kier molecular flexibility index (Phi) is 7.19. The Morgan fingerprint density at radius 1 is 1.40 bits per heavy atom. The Hall–Kier alpha value is -0.910. The molecular formula is C15H26N2O2S. The van der Waals surface area contributed by atoms with E-state index in [0.29, 0.717) is 13.2 Å². The van der Waals surface area contributed by atoms with E-state index in [1.165, 1.54) is 15.3 Å². The first-order chi connectivity index (χ1) is 9.45. The molecule has 0 aliphatic rings. The first-order valence-electron chi connectivity index (χ1n) is 7.05. The lowest BCUT2D eigenvalue weighted by molar-refractivity contribution is -0.122. The number of carbonyl (C=O) groups is 1. The van der Waals surface area contributed by atoms with Crippen LogP contribution in [-0.4, -0.2) is 32.2 Å². The number of aryl methyl sites for hydroxylation is 2. The Morgan fingerprint density at radius 3 is 2.65 bits per heavy atom. The van der Waals surface area contributed by atoms with E-state index < -0.39 is 0 Å². The maximum Gasteiger partial charge on any atom is 0.236 e. The van der Waals surface area contributed by atoms with E-state index in [9.17, 15) is 4.79 Å². The number of hydrogen-bond acceptors (Lipinski definition) is 4. The molecule has 1 amide bonds. The average Bonchev–Trinajstić information content (AvgIpc) is 2.73. The third-order valence-electron chi connectivity index (χ3n) is 3.26. The molecule has 20 heavy (non-hydrogen) atoms. The van der Waals surface area contributed by atoms with Gasteiger partial charge in [-0.05, 0) is 45.7 Å². The lowest BCUT2D eigenvalue weighted by Gasteiger charge is -2.19. The maximum absolute atomic E-state index is 12.0. The third-order valence-corrected chi connectivity index (χ3v) is 4.25. The summed E-state index contributed by atoms with van der Waals surface area (Å²) in [6, 6.07) is 2.17. The Bertz CT molecular complexity index is 432. The fourth-order valence-electron chi connectivity index (χ4n) is 2.20. The van der Waals surface area contributed by atoms with Crippen molar-refractivity contribution in [1.82, 2.24) is 10.6 Å². The molecule has 114 valence electrons. The number of thiophene rings is 1. The normalized spacial score (nSPS) is 14.1. The van der Waals surface area contributed by atoms with Crippen LogP contribution in [0.5, 0.6) is 0 Å². The van der Waals surface area contributed by atoms with Gasteiger partial charge in [0.15, 0.2) is 0 Å². The van der Waals surface area contributed by atoms with E-state index in [2.05, 4.69) is 37.5 Å². The van der Waals surface area contributed by atoms with Crippen molar-refractivity contribution < 1.29 is 9.53 Å². The second-order valence-corrected chi connectivity index (χ2v) is 6.58. The minimum Gasteiger partial charge on any atom is -0.385 e. The fraction of sp³-hybridized carbons (Fsp3) is 0.667. The molecule has 2 unspecified atom stereocenters. The number of carbonyl (C=O) groups excluding carboxylic acids is 1. The van der Waals surface area contributed by atoms with E-state index in [1.807, 2.05) is 6.92 Å². The first-order valence-corrected chi connectivity index (χ1v) is 7.87. The van der Waals surface area contributed by atoms with E-state index >= 15 is 0 Å². The molecule has 0 bridgehead atoms. The molecule has 1 aromatic heterocycles. The van der Waals surface area contributed by atoms with Crippen LogP contribution in [0.4, 0.5) is 0 Å². The van der Waals surface area contributed by atoms with Crippen molar-refractivity contribution in [3.8, 4) is 0 Å². The van der Waals surface area contributed by atoms with Gasteiger partial charge in [-0.3, -0.25) is 10.1 Å². The highest BCUT2D eigenvalue weighted by molar-refractivity contribution is 7.12. The van der Waals surface area contributed by atoms with Gasteiger partial charge in [0.1, 0.15) is 0 Å². The standard InChI is InChI=1S/C15H26N2O2S/c1-10-9-14(13(4)20-10)11(2)17-12(3)15(18)16-7-6-8-19-5/h9,11-12,17H,6-8H2,1-5H3,(H,16,18). The van der Waals surface area contributed by atoms with Crippen LogP contribution in [0, 0.1) is 13.8 Å². The van der Waals surface area contributed by atoms with Crippen molar-refractivity contribution in [1.29, 1.82) is 0 Å². The van der Waals surface area contributed by atoms with Gasteiger partial charge in [-0.1, -0.05) is 0 Å². The summed E-state index contributed by atoms with van der Waals surface area (Å²) in [7, 11) is 1.67. The summed E-state index contributed by atoms with van der Waals surface area (Å²) in [5.41, 5.74) is 1.28. The summed E-state index contributed by atoms with van der Waals surface area (Å²) >= 11 is 1.80. The van der Waals surface area contributed by atoms with Crippen molar-refractivity contribution in [2.24, 2.45) is 0 Å². The van der Waals surface area contributed by atoms with Crippen molar-refractivity contribution >= 4 is 17.2 Å². The number of amides is 1. The van der Waals surface area contributed by atoms with E-state index in [1.54, 1.807) is 18.4 Å². The molecular weight excluding hydrogens is 272 g/mol. The molecule has 0 radical (unpaired) electrons. The molecule has 0 saturated carbocycles. The molecule has 1 aromatic rings. The van der Waals surface area contributed by atoms with Crippen LogP contribution in [0.2, 0.25) is 0 Å². The zero-order valence-corrected chi connectivity index (χ0v) is 13.9. The van der Waals surface area contributed by atoms with Crippen LogP contribution in [0.3, 0.4) is 0 Å². The highest BCUT2D eigenvalue weighted by atomic mass is 32.1. The van der Waals surface area contributed by atoms with Gasteiger partial charge in [-0.25, -0.2) is 0 Å². The molecule has 0 aliphatic heterocycles. The van der Waals surface area contributed by atoms with Gasteiger partial charge in [0.2, 0.25) is 5.91 Å². The van der Waals surface area contributed by atoms with Crippen LogP contribution in [-0.2, 0) is 9.53 Å². The summed E-state index contributed by atoms with van der Waals surface area (Å²) in [6.45, 7) is 9.57. The number of hydrogen-bond donors (Lipinski definition) is 2. The van der Waals surface area contributed by atoms with E-state index in [-0.39, 0.29) is 18.0 Å². The summed E-state index contributed by atoms with van der Waals surface area (Å²) < 4.78 is 4.96. The van der Waals surface area contributed by atoms with Gasteiger partial charge >= 0.3 is 0 Å². The number of rotatable bonds is 8. The smallest absolute Gasteiger partial charge is 0.236 e. The topological polar surface area (TPSA) is 50.4 Å². The van der Waals surface area contributed by atoms with Gasteiger partial charge in [-0.15, -0.1) is 11.3 Å². The first kappa shape index (κ1) is 17.1. The highest BCUT2D eigenvalue weighted by Gasteiger charge is 2.17. The number of methoxy groups -OCH3 is 1. The van der Waals surface area contributed by atoms with Crippen LogP contribution < -0.4 is 10.6 Å². The molecule has 0 aromatic carbocycles. The van der Waals surface area contributed by atoms with Crippen LogP contribution in [0.1, 0.15) is 41.6 Å². The second-order valence-electron chi connectivity index (χ2n) is 5.12. The van der Waals surface area contributed by atoms with Gasteiger partial charge in [0.25, 0.3) is 0 Å². The SMILES string of the molecule is COCCCNC(=O)C(C)NC(C)c1cc(C)sc1C.